The molecule has 1 N–H and O–H groups in total. The fourth-order valence-corrected chi connectivity index (χ4v) is 10.5. The normalized spacial score (nSPS) is 16.5. The Morgan fingerprint density at radius 1 is 0.854 bits per heavy atom. The van der Waals surface area contributed by atoms with Crippen LogP contribution in [0.4, 0.5) is 0 Å². The fourth-order valence-electron chi connectivity index (χ4n) is 5.96. The molecule has 41 heavy (non-hydrogen) atoms. The number of rotatable bonds is 9. The summed E-state index contributed by atoms with van der Waals surface area (Å²) in [7, 11) is 0.227. The summed E-state index contributed by atoms with van der Waals surface area (Å²) in [5, 5.41) is 12.4. The van der Waals surface area contributed by atoms with Crippen LogP contribution < -0.4 is 24.6 Å². The predicted octanol–water partition coefficient (Wildman–Crippen LogP) is 6.02. The third kappa shape index (κ3) is 5.11. The van der Waals surface area contributed by atoms with Crippen molar-refractivity contribution in [1.82, 2.24) is 0 Å². The first kappa shape index (κ1) is 28.5. The number of methoxy groups -OCH3 is 2. The van der Waals surface area contributed by atoms with Gasteiger partial charge in [-0.2, -0.15) is 0 Å². The highest BCUT2D eigenvalue weighted by molar-refractivity contribution is 6.99. The molecule has 0 bridgehead atoms. The third-order valence-corrected chi connectivity index (χ3v) is 12.9. The summed E-state index contributed by atoms with van der Waals surface area (Å²) in [6, 6.07) is 29.8. The van der Waals surface area contributed by atoms with E-state index in [-0.39, 0.29) is 16.7 Å². The molecule has 0 amide bonds. The van der Waals surface area contributed by atoms with Gasteiger partial charge in [-0.25, -0.2) is 0 Å². The number of aromatic hydroxyl groups is 1. The maximum atomic E-state index is 11.9. The third-order valence-electron chi connectivity index (χ3n) is 7.90. The van der Waals surface area contributed by atoms with Gasteiger partial charge in [0.05, 0.1) is 20.1 Å². The molecule has 0 aliphatic carbocycles. The largest absolute Gasteiger partial charge is 0.504 e. The van der Waals surface area contributed by atoms with Crippen molar-refractivity contribution < 1.29 is 28.5 Å². The number of carbonyl (C=O) groups is 1. The van der Waals surface area contributed by atoms with E-state index in [9.17, 15) is 9.90 Å². The Hall–Kier alpha value is -4.07. The molecule has 2 atom stereocenters. The minimum Gasteiger partial charge on any atom is -0.504 e. The van der Waals surface area contributed by atoms with E-state index in [1.165, 1.54) is 17.5 Å². The van der Waals surface area contributed by atoms with Crippen LogP contribution in [-0.4, -0.2) is 40.5 Å². The van der Waals surface area contributed by atoms with Crippen LogP contribution in [0.1, 0.15) is 54.3 Å². The average molecular weight is 569 g/mol. The molecule has 0 unspecified atom stereocenters. The second-order valence-electron chi connectivity index (χ2n) is 11.3. The maximum Gasteiger partial charge on any atom is 0.261 e. The lowest BCUT2D eigenvalue weighted by molar-refractivity contribution is 0.112. The first-order chi connectivity index (χ1) is 19.7. The zero-order valence-corrected chi connectivity index (χ0v) is 25.1. The van der Waals surface area contributed by atoms with Crippen LogP contribution in [0, 0.1) is 0 Å². The number of benzene rings is 4. The fraction of sp³-hybridized carbons (Fsp3) is 0.265. The van der Waals surface area contributed by atoms with Crippen LogP contribution in [-0.2, 0) is 4.43 Å². The zero-order valence-electron chi connectivity index (χ0n) is 24.1. The molecule has 1 aliphatic heterocycles. The minimum absolute atomic E-state index is 0.0488. The number of ether oxygens (including phenoxy) is 3. The summed E-state index contributed by atoms with van der Waals surface area (Å²) < 4.78 is 25.0. The minimum atomic E-state index is -2.86. The summed E-state index contributed by atoms with van der Waals surface area (Å²) in [6.07, 6.45) is 0.355. The van der Waals surface area contributed by atoms with E-state index in [4.69, 9.17) is 18.6 Å². The molecule has 0 radical (unpaired) electrons. The van der Waals surface area contributed by atoms with Crippen LogP contribution >= 0.6 is 0 Å². The molecule has 7 heteroatoms. The van der Waals surface area contributed by atoms with Gasteiger partial charge in [-0.3, -0.25) is 4.79 Å². The molecule has 6 nitrogen and oxygen atoms in total. The number of aldehydes is 1. The standard InChI is InChI=1S/C34H36O6Si/c1-34(2,3)41(25-12-8-6-9-13-25,26-14-10-7-11-15-26)39-22-28-27-18-23(21-35)19-31(38-5)33(27)40-32(28)24-16-17-29(36)30(20-24)37-4/h6-21,28,32,36H,22H2,1-5H3/t28-,32+/m0/s1. The van der Waals surface area contributed by atoms with Crippen LogP contribution in [0.2, 0.25) is 5.04 Å². The van der Waals surface area contributed by atoms with Crippen LogP contribution in [0.5, 0.6) is 23.0 Å². The molecule has 4 aromatic rings. The van der Waals surface area contributed by atoms with Crippen LogP contribution in [0.3, 0.4) is 0 Å². The Morgan fingerprint density at radius 2 is 1.46 bits per heavy atom. The molecular weight excluding hydrogens is 532 g/mol. The van der Waals surface area contributed by atoms with Gasteiger partial charge in [0, 0.05) is 17.7 Å². The van der Waals surface area contributed by atoms with Crippen molar-refractivity contribution in [2.75, 3.05) is 20.8 Å². The summed E-state index contributed by atoms with van der Waals surface area (Å²) in [6.45, 7) is 7.07. The topological polar surface area (TPSA) is 74.2 Å². The van der Waals surface area contributed by atoms with E-state index in [0.29, 0.717) is 29.4 Å². The quantitative estimate of drug-likeness (QED) is 0.197. The van der Waals surface area contributed by atoms with Crippen LogP contribution in [0.15, 0.2) is 91.0 Å². The van der Waals surface area contributed by atoms with Gasteiger partial charge in [0.2, 0.25) is 0 Å². The molecule has 0 fully saturated rings. The van der Waals surface area contributed by atoms with Gasteiger partial charge in [0.1, 0.15) is 12.4 Å². The number of phenolic OH excluding ortho intramolecular Hbond substituents is 1. The first-order valence-electron chi connectivity index (χ1n) is 13.7. The number of fused-ring (bicyclic) bond motifs is 1. The highest BCUT2D eigenvalue weighted by Crippen LogP contribution is 2.52. The Bertz CT molecular complexity index is 1470. The van der Waals surface area contributed by atoms with Gasteiger partial charge in [0.15, 0.2) is 23.0 Å². The number of carbonyl (C=O) groups excluding carboxylic acids is 1. The molecule has 0 spiro atoms. The molecule has 0 aromatic heterocycles. The SMILES string of the molecule is COc1cc([C@H]2Oc3c(OC)cc(C=O)cc3[C@@H]2CO[Si](c2ccccc2)(c2ccccc2)C(C)(C)C)ccc1O. The van der Waals surface area contributed by atoms with Gasteiger partial charge in [-0.1, -0.05) is 87.5 Å². The molecule has 1 heterocycles. The van der Waals surface area contributed by atoms with Crippen molar-refractivity contribution in [3.63, 3.8) is 0 Å². The van der Waals surface area contributed by atoms with Crippen molar-refractivity contribution in [1.29, 1.82) is 0 Å². The smallest absolute Gasteiger partial charge is 0.261 e. The molecule has 212 valence electrons. The highest BCUT2D eigenvalue weighted by atomic mass is 28.4. The van der Waals surface area contributed by atoms with E-state index in [1.54, 1.807) is 25.3 Å². The summed E-state index contributed by atoms with van der Waals surface area (Å²) in [5.41, 5.74) is 2.17. The Labute approximate surface area is 242 Å². The Kier molecular flexibility index (Phi) is 7.93. The van der Waals surface area contributed by atoms with E-state index in [1.807, 2.05) is 24.3 Å². The second-order valence-corrected chi connectivity index (χ2v) is 15.6. The number of hydrogen-bond acceptors (Lipinski definition) is 6. The van der Waals surface area contributed by atoms with Gasteiger partial charge in [-0.15, -0.1) is 0 Å². The maximum absolute atomic E-state index is 11.9. The van der Waals surface area contributed by atoms with Gasteiger partial charge >= 0.3 is 0 Å². The monoisotopic (exact) mass is 568 g/mol. The highest BCUT2D eigenvalue weighted by Gasteiger charge is 2.51. The Balaban J connectivity index is 1.66. The lowest BCUT2D eigenvalue weighted by atomic mass is 9.90. The Morgan fingerprint density at radius 3 is 2.00 bits per heavy atom. The van der Waals surface area contributed by atoms with Gasteiger partial charge in [-0.05, 0) is 45.2 Å². The summed E-state index contributed by atoms with van der Waals surface area (Å²) in [5.74, 6) is 1.22. The predicted molar refractivity (Wildman–Crippen MR) is 163 cm³/mol. The lowest BCUT2D eigenvalue weighted by Crippen LogP contribution is -2.66. The second kappa shape index (κ2) is 11.4. The van der Waals surface area contributed by atoms with Crippen LogP contribution in [0.25, 0.3) is 0 Å². The number of hydrogen-bond donors (Lipinski definition) is 1. The molecule has 0 saturated heterocycles. The molecular formula is C34H36O6Si. The van der Waals surface area contributed by atoms with E-state index < -0.39 is 14.4 Å². The number of phenols is 1. The van der Waals surface area contributed by atoms with Crippen molar-refractivity contribution in [3.05, 3.63) is 108 Å². The van der Waals surface area contributed by atoms with E-state index in [2.05, 4.69) is 69.3 Å². The lowest BCUT2D eigenvalue weighted by Gasteiger charge is -2.43. The van der Waals surface area contributed by atoms with Gasteiger partial charge < -0.3 is 23.7 Å². The summed E-state index contributed by atoms with van der Waals surface area (Å²) >= 11 is 0. The molecule has 0 saturated carbocycles. The first-order valence-corrected chi connectivity index (χ1v) is 15.6. The van der Waals surface area contributed by atoms with Gasteiger partial charge in [0.25, 0.3) is 8.32 Å². The van der Waals surface area contributed by atoms with Crippen molar-refractivity contribution in [3.8, 4) is 23.0 Å². The molecule has 4 aromatic carbocycles. The zero-order chi connectivity index (χ0) is 29.2. The van der Waals surface area contributed by atoms with Crippen molar-refractivity contribution >= 4 is 25.0 Å². The molecule has 5 rings (SSSR count). The van der Waals surface area contributed by atoms with Crippen molar-refractivity contribution in [2.45, 2.75) is 37.8 Å². The average Bonchev–Trinajstić information content (AvgIpc) is 3.36. The molecule has 1 aliphatic rings. The van der Waals surface area contributed by atoms with E-state index in [0.717, 1.165) is 17.4 Å². The van der Waals surface area contributed by atoms with Crippen molar-refractivity contribution in [2.24, 2.45) is 0 Å². The summed E-state index contributed by atoms with van der Waals surface area (Å²) in [4.78, 5) is 11.9. The van der Waals surface area contributed by atoms with E-state index >= 15 is 0 Å².